The van der Waals surface area contributed by atoms with Crippen molar-refractivity contribution in [1.29, 1.82) is 0 Å². The number of hydrogen-bond acceptors (Lipinski definition) is 7. The van der Waals surface area contributed by atoms with Crippen LogP contribution in [-0.2, 0) is 6.42 Å². The number of nitrogens with one attached hydrogen (secondary N) is 1. The van der Waals surface area contributed by atoms with Gasteiger partial charge < -0.3 is 15.8 Å². The zero-order chi connectivity index (χ0) is 18.3. The van der Waals surface area contributed by atoms with Gasteiger partial charge in [0, 0.05) is 17.4 Å². The van der Waals surface area contributed by atoms with E-state index in [2.05, 4.69) is 20.3 Å². The number of carbonyl (C=O) groups is 1. The highest BCUT2D eigenvalue weighted by Crippen LogP contribution is 2.34. The van der Waals surface area contributed by atoms with E-state index < -0.39 is 0 Å². The predicted molar refractivity (Wildman–Crippen MR) is 99.2 cm³/mol. The standard InChI is InChI=1S/C18H17N5O2S/c1-9-15-13(22-17(19)20-9)7-12(21-16(15)24)10-5-3-4-6-11(10)14-8-26-18(23-14)25-2/h3-6,8,12H,7H2,1-2H3,(H,21,24)(H2,19,20,22). The zero-order valence-electron chi connectivity index (χ0n) is 14.3. The van der Waals surface area contributed by atoms with Gasteiger partial charge in [-0.3, -0.25) is 4.79 Å². The van der Waals surface area contributed by atoms with E-state index in [-0.39, 0.29) is 17.9 Å². The van der Waals surface area contributed by atoms with Crippen LogP contribution in [0.3, 0.4) is 0 Å². The molecule has 2 aromatic heterocycles. The minimum atomic E-state index is -0.215. The van der Waals surface area contributed by atoms with Crippen LogP contribution in [0.25, 0.3) is 11.3 Å². The maximum Gasteiger partial charge on any atom is 0.273 e. The fourth-order valence-corrected chi connectivity index (χ4v) is 3.91. The molecule has 1 atom stereocenters. The third-order valence-corrected chi connectivity index (χ3v) is 5.18. The number of carbonyl (C=O) groups excluding carboxylic acids is 1. The van der Waals surface area contributed by atoms with Crippen LogP contribution < -0.4 is 15.8 Å². The summed E-state index contributed by atoms with van der Waals surface area (Å²) >= 11 is 1.43. The van der Waals surface area contributed by atoms with Gasteiger partial charge in [-0.25, -0.2) is 15.0 Å². The largest absolute Gasteiger partial charge is 0.473 e. The molecule has 7 nitrogen and oxygen atoms in total. The van der Waals surface area contributed by atoms with Crippen molar-refractivity contribution in [1.82, 2.24) is 20.3 Å². The van der Waals surface area contributed by atoms with Gasteiger partial charge in [-0.05, 0) is 12.5 Å². The van der Waals surface area contributed by atoms with E-state index in [9.17, 15) is 4.79 Å². The second kappa shape index (κ2) is 6.38. The number of aromatic nitrogens is 3. The van der Waals surface area contributed by atoms with Crippen molar-refractivity contribution in [2.24, 2.45) is 0 Å². The molecule has 1 unspecified atom stereocenters. The molecule has 132 valence electrons. The Bertz CT molecular complexity index is 1000. The van der Waals surface area contributed by atoms with Gasteiger partial charge in [0.05, 0.1) is 35.8 Å². The van der Waals surface area contributed by atoms with Crippen LogP contribution in [0.15, 0.2) is 29.6 Å². The van der Waals surface area contributed by atoms with E-state index in [0.717, 1.165) is 16.8 Å². The van der Waals surface area contributed by atoms with Crippen molar-refractivity contribution < 1.29 is 9.53 Å². The number of aryl methyl sites for hydroxylation is 1. The lowest BCUT2D eigenvalue weighted by Crippen LogP contribution is -2.37. The molecule has 0 radical (unpaired) electrons. The number of nitrogen functional groups attached to an aromatic ring is 1. The number of ether oxygens (including phenoxy) is 1. The molecule has 3 heterocycles. The SMILES string of the molecule is COc1nc(-c2ccccc2C2Cc3nc(N)nc(C)c3C(=O)N2)cs1. The van der Waals surface area contributed by atoms with Gasteiger partial charge in [0.1, 0.15) is 0 Å². The van der Waals surface area contributed by atoms with Gasteiger partial charge >= 0.3 is 0 Å². The molecule has 0 bridgehead atoms. The maximum absolute atomic E-state index is 12.6. The molecular formula is C18H17N5O2S. The quantitative estimate of drug-likeness (QED) is 0.737. The Morgan fingerprint density at radius 2 is 2.08 bits per heavy atom. The minimum absolute atomic E-state index is 0.181. The van der Waals surface area contributed by atoms with Crippen molar-refractivity contribution >= 4 is 23.2 Å². The first-order valence-corrected chi connectivity index (χ1v) is 8.97. The second-order valence-corrected chi connectivity index (χ2v) is 6.83. The number of nitrogens with zero attached hydrogens (tertiary/aromatic N) is 3. The van der Waals surface area contributed by atoms with E-state index in [1.807, 2.05) is 29.6 Å². The van der Waals surface area contributed by atoms with Crippen molar-refractivity contribution in [3.8, 4) is 16.5 Å². The topological polar surface area (TPSA) is 103 Å². The van der Waals surface area contributed by atoms with Crippen LogP contribution in [0, 0.1) is 6.92 Å². The minimum Gasteiger partial charge on any atom is -0.473 e. The lowest BCUT2D eigenvalue weighted by atomic mass is 9.90. The second-order valence-electron chi connectivity index (χ2n) is 6.01. The van der Waals surface area contributed by atoms with Gasteiger partial charge in [-0.2, -0.15) is 0 Å². The molecule has 0 saturated heterocycles. The number of amides is 1. The average Bonchev–Trinajstić information content (AvgIpc) is 3.09. The van der Waals surface area contributed by atoms with Crippen molar-refractivity contribution in [3.63, 3.8) is 0 Å². The first-order chi connectivity index (χ1) is 12.6. The Kier molecular flexibility index (Phi) is 4.04. The number of thiazole rings is 1. The summed E-state index contributed by atoms with van der Waals surface area (Å²) in [5.74, 6) is 0.00614. The van der Waals surface area contributed by atoms with E-state index in [1.54, 1.807) is 14.0 Å². The molecule has 4 rings (SSSR count). The van der Waals surface area contributed by atoms with E-state index >= 15 is 0 Å². The number of methoxy groups -OCH3 is 1. The summed E-state index contributed by atoms with van der Waals surface area (Å²) < 4.78 is 5.20. The Morgan fingerprint density at radius 3 is 2.85 bits per heavy atom. The fraction of sp³-hybridized carbons (Fsp3) is 0.222. The molecule has 3 aromatic rings. The Hall–Kier alpha value is -3.00. The average molecular weight is 367 g/mol. The third kappa shape index (κ3) is 2.78. The molecule has 1 aliphatic rings. The molecule has 0 spiro atoms. The highest BCUT2D eigenvalue weighted by atomic mass is 32.1. The Labute approximate surface area is 154 Å². The first-order valence-electron chi connectivity index (χ1n) is 8.09. The molecule has 1 aliphatic heterocycles. The molecule has 26 heavy (non-hydrogen) atoms. The summed E-state index contributed by atoms with van der Waals surface area (Å²) in [7, 11) is 1.60. The molecule has 8 heteroatoms. The lowest BCUT2D eigenvalue weighted by molar-refractivity contribution is 0.0922. The molecule has 0 saturated carbocycles. The van der Waals surface area contributed by atoms with Gasteiger partial charge in [0.25, 0.3) is 11.1 Å². The smallest absolute Gasteiger partial charge is 0.273 e. The first kappa shape index (κ1) is 16.5. The van der Waals surface area contributed by atoms with Crippen molar-refractivity contribution in [2.75, 3.05) is 12.8 Å². The van der Waals surface area contributed by atoms with Crippen LogP contribution in [0.2, 0.25) is 0 Å². The highest BCUT2D eigenvalue weighted by molar-refractivity contribution is 7.11. The summed E-state index contributed by atoms with van der Waals surface area (Å²) in [6, 6.07) is 7.67. The van der Waals surface area contributed by atoms with Crippen molar-refractivity contribution in [2.45, 2.75) is 19.4 Å². The van der Waals surface area contributed by atoms with E-state index in [0.29, 0.717) is 28.6 Å². The van der Waals surface area contributed by atoms with Gasteiger partial charge in [-0.15, -0.1) is 0 Å². The summed E-state index contributed by atoms with van der Waals surface area (Å²) in [5.41, 5.74) is 10.3. The Morgan fingerprint density at radius 1 is 1.27 bits per heavy atom. The third-order valence-electron chi connectivity index (χ3n) is 4.38. The highest BCUT2D eigenvalue weighted by Gasteiger charge is 2.30. The normalized spacial score (nSPS) is 16.1. The van der Waals surface area contributed by atoms with Gasteiger partial charge in [0.15, 0.2) is 0 Å². The van der Waals surface area contributed by atoms with Crippen LogP contribution in [0.4, 0.5) is 5.95 Å². The summed E-state index contributed by atoms with van der Waals surface area (Å²) in [6.07, 6.45) is 0.549. The summed E-state index contributed by atoms with van der Waals surface area (Å²) in [5, 5.41) is 5.61. The van der Waals surface area contributed by atoms with Crippen LogP contribution in [-0.4, -0.2) is 28.0 Å². The molecule has 3 N–H and O–H groups in total. The Balaban J connectivity index is 1.76. The number of fused-ring (bicyclic) bond motifs is 1. The van der Waals surface area contributed by atoms with Crippen LogP contribution in [0.5, 0.6) is 5.19 Å². The van der Waals surface area contributed by atoms with E-state index in [1.165, 1.54) is 11.3 Å². The number of rotatable bonds is 3. The maximum atomic E-state index is 12.6. The van der Waals surface area contributed by atoms with Crippen molar-refractivity contribution in [3.05, 3.63) is 52.2 Å². The number of nitrogens with two attached hydrogens (primary N) is 1. The summed E-state index contributed by atoms with van der Waals surface area (Å²) in [6.45, 7) is 1.77. The summed E-state index contributed by atoms with van der Waals surface area (Å²) in [4.78, 5) is 25.5. The number of hydrogen-bond donors (Lipinski definition) is 2. The number of anilines is 1. The van der Waals surface area contributed by atoms with Gasteiger partial charge in [0.2, 0.25) is 5.95 Å². The van der Waals surface area contributed by atoms with E-state index in [4.69, 9.17) is 10.5 Å². The lowest BCUT2D eigenvalue weighted by Gasteiger charge is -2.27. The molecule has 0 aliphatic carbocycles. The number of benzene rings is 1. The zero-order valence-corrected chi connectivity index (χ0v) is 15.1. The monoisotopic (exact) mass is 367 g/mol. The molecule has 1 aromatic carbocycles. The molecule has 0 fully saturated rings. The predicted octanol–water partition coefficient (Wildman–Crippen LogP) is 2.53. The molecule has 1 amide bonds. The molecular weight excluding hydrogens is 350 g/mol. The van der Waals surface area contributed by atoms with Gasteiger partial charge in [-0.1, -0.05) is 35.6 Å². The van der Waals surface area contributed by atoms with Crippen LogP contribution in [0.1, 0.15) is 33.4 Å². The van der Waals surface area contributed by atoms with Crippen LogP contribution >= 0.6 is 11.3 Å². The fourth-order valence-electron chi connectivity index (χ4n) is 3.27.